The molecular formula is C35H28N4O3S3. The number of anilines is 2. The van der Waals surface area contributed by atoms with E-state index in [-0.39, 0.29) is 11.6 Å². The van der Waals surface area contributed by atoms with Crippen molar-refractivity contribution in [3.8, 4) is 17.2 Å². The van der Waals surface area contributed by atoms with Gasteiger partial charge in [-0.25, -0.2) is 0 Å². The van der Waals surface area contributed by atoms with E-state index in [1.165, 1.54) is 34.4 Å². The fourth-order valence-corrected chi connectivity index (χ4v) is 6.97. The maximum Gasteiger partial charge on any atom is 0.272 e. The highest BCUT2D eigenvalue weighted by molar-refractivity contribution is 8.00. The number of nitrogens with one attached hydrogen (secondary N) is 3. The Balaban J connectivity index is 1.28. The van der Waals surface area contributed by atoms with Crippen LogP contribution in [0.15, 0.2) is 118 Å². The van der Waals surface area contributed by atoms with Gasteiger partial charge in [0.15, 0.2) is 0 Å². The van der Waals surface area contributed by atoms with Gasteiger partial charge in [-0.05, 0) is 59.8 Å². The van der Waals surface area contributed by atoms with Gasteiger partial charge in [0.25, 0.3) is 11.8 Å². The number of carbonyl (C=O) groups excluding carboxylic acids is 3. The SMILES string of the molecule is CCC(Sc1cccc(NC(=O)/C(=C/c2cccs2)NC(=O)c2ccccc2)c1)C(=O)Nc1scc(-c2ccccc2)c1C#N. The zero-order chi connectivity index (χ0) is 31.6. The van der Waals surface area contributed by atoms with E-state index in [4.69, 9.17) is 0 Å². The van der Waals surface area contributed by atoms with Crippen LogP contribution in [-0.2, 0) is 9.59 Å². The van der Waals surface area contributed by atoms with Gasteiger partial charge in [-0.2, -0.15) is 5.26 Å². The van der Waals surface area contributed by atoms with E-state index in [9.17, 15) is 19.6 Å². The molecule has 0 fully saturated rings. The van der Waals surface area contributed by atoms with Crippen molar-refractivity contribution in [2.45, 2.75) is 23.5 Å². The zero-order valence-electron chi connectivity index (χ0n) is 24.2. The van der Waals surface area contributed by atoms with Crippen LogP contribution < -0.4 is 16.0 Å². The van der Waals surface area contributed by atoms with Crippen molar-refractivity contribution in [1.82, 2.24) is 5.32 Å². The number of benzene rings is 3. The Morgan fingerprint density at radius 2 is 1.67 bits per heavy atom. The lowest BCUT2D eigenvalue weighted by atomic mass is 10.1. The third kappa shape index (κ3) is 8.16. The molecule has 2 heterocycles. The fraction of sp³-hybridized carbons (Fsp3) is 0.0857. The van der Waals surface area contributed by atoms with Gasteiger partial charge >= 0.3 is 0 Å². The van der Waals surface area contributed by atoms with Crippen molar-refractivity contribution in [2.24, 2.45) is 0 Å². The summed E-state index contributed by atoms with van der Waals surface area (Å²) < 4.78 is 0. The molecule has 0 aliphatic rings. The third-order valence-corrected chi connectivity index (χ3v) is 9.69. The van der Waals surface area contributed by atoms with Gasteiger partial charge in [0.2, 0.25) is 5.91 Å². The van der Waals surface area contributed by atoms with Crippen LogP contribution in [0.5, 0.6) is 0 Å². The second-order valence-electron chi connectivity index (χ2n) is 9.71. The lowest BCUT2D eigenvalue weighted by molar-refractivity contribution is -0.116. The quantitative estimate of drug-likeness (QED) is 0.0986. The number of hydrogen-bond donors (Lipinski definition) is 3. The van der Waals surface area contributed by atoms with E-state index in [1.54, 1.807) is 48.5 Å². The number of thiophene rings is 2. The van der Waals surface area contributed by atoms with E-state index in [0.29, 0.717) is 28.2 Å². The molecule has 0 aliphatic carbocycles. The number of hydrogen-bond acceptors (Lipinski definition) is 7. The van der Waals surface area contributed by atoms with Crippen molar-refractivity contribution in [3.05, 3.63) is 130 Å². The first-order valence-electron chi connectivity index (χ1n) is 14.0. The second-order valence-corrected chi connectivity index (χ2v) is 12.8. The average molecular weight is 649 g/mol. The topological polar surface area (TPSA) is 111 Å². The van der Waals surface area contributed by atoms with E-state index in [1.807, 2.05) is 72.3 Å². The molecule has 1 atom stereocenters. The van der Waals surface area contributed by atoms with E-state index in [0.717, 1.165) is 20.9 Å². The maximum absolute atomic E-state index is 13.4. The van der Waals surface area contributed by atoms with Crippen molar-refractivity contribution in [3.63, 3.8) is 0 Å². The van der Waals surface area contributed by atoms with Gasteiger partial charge in [-0.15, -0.1) is 34.4 Å². The Morgan fingerprint density at radius 3 is 2.36 bits per heavy atom. The van der Waals surface area contributed by atoms with Crippen LogP contribution in [0.1, 0.15) is 34.1 Å². The molecule has 0 saturated carbocycles. The molecule has 3 N–H and O–H groups in total. The number of thioether (sulfide) groups is 1. The maximum atomic E-state index is 13.4. The Hall–Kier alpha value is -4.95. The summed E-state index contributed by atoms with van der Waals surface area (Å²) in [6.45, 7) is 1.93. The molecule has 1 unspecified atom stereocenters. The second kappa shape index (κ2) is 15.2. The highest BCUT2D eigenvalue weighted by atomic mass is 32.2. The Kier molecular flexibility index (Phi) is 10.6. The van der Waals surface area contributed by atoms with Crippen LogP contribution in [0.2, 0.25) is 0 Å². The summed E-state index contributed by atoms with van der Waals surface area (Å²) in [5.74, 6) is -1.08. The van der Waals surface area contributed by atoms with Crippen LogP contribution in [0.25, 0.3) is 17.2 Å². The number of carbonyl (C=O) groups is 3. The molecular weight excluding hydrogens is 621 g/mol. The molecule has 224 valence electrons. The predicted molar refractivity (Wildman–Crippen MR) is 184 cm³/mol. The number of amides is 3. The summed E-state index contributed by atoms with van der Waals surface area (Å²) in [6, 6.07) is 31.5. The zero-order valence-corrected chi connectivity index (χ0v) is 26.6. The third-order valence-electron chi connectivity index (χ3n) is 6.62. The molecule has 3 aromatic carbocycles. The highest BCUT2D eigenvalue weighted by Gasteiger charge is 2.22. The monoisotopic (exact) mass is 648 g/mol. The summed E-state index contributed by atoms with van der Waals surface area (Å²) in [5.41, 5.74) is 3.20. The largest absolute Gasteiger partial charge is 0.321 e. The summed E-state index contributed by atoms with van der Waals surface area (Å²) in [6.07, 6.45) is 2.19. The van der Waals surface area contributed by atoms with Gasteiger partial charge in [-0.3, -0.25) is 14.4 Å². The van der Waals surface area contributed by atoms with E-state index in [2.05, 4.69) is 22.0 Å². The lowest BCUT2D eigenvalue weighted by Gasteiger charge is -2.15. The van der Waals surface area contributed by atoms with Crippen molar-refractivity contribution < 1.29 is 14.4 Å². The number of rotatable bonds is 11. The fourth-order valence-electron chi connectivity index (χ4n) is 4.37. The first-order valence-corrected chi connectivity index (χ1v) is 16.7. The Labute approximate surface area is 273 Å². The molecule has 7 nitrogen and oxygen atoms in total. The molecule has 0 saturated heterocycles. The summed E-state index contributed by atoms with van der Waals surface area (Å²) >= 11 is 4.15. The van der Waals surface area contributed by atoms with Crippen molar-refractivity contribution in [1.29, 1.82) is 5.26 Å². The minimum absolute atomic E-state index is 0.106. The first kappa shape index (κ1) is 31.5. The van der Waals surface area contributed by atoms with Gasteiger partial charge in [0.05, 0.1) is 10.8 Å². The molecule has 0 bridgehead atoms. The number of nitriles is 1. The van der Waals surface area contributed by atoms with Crippen LogP contribution >= 0.6 is 34.4 Å². The van der Waals surface area contributed by atoms with Gasteiger partial charge in [0.1, 0.15) is 16.8 Å². The van der Waals surface area contributed by atoms with Gasteiger partial charge < -0.3 is 16.0 Å². The minimum Gasteiger partial charge on any atom is -0.321 e. The Bertz CT molecular complexity index is 1860. The van der Waals surface area contributed by atoms with Gasteiger partial charge in [0, 0.05) is 32.0 Å². The van der Waals surface area contributed by atoms with Crippen molar-refractivity contribution in [2.75, 3.05) is 10.6 Å². The lowest BCUT2D eigenvalue weighted by Crippen LogP contribution is -2.30. The van der Waals surface area contributed by atoms with E-state index >= 15 is 0 Å². The molecule has 45 heavy (non-hydrogen) atoms. The summed E-state index contributed by atoms with van der Waals surface area (Å²) in [4.78, 5) is 41.2. The molecule has 5 aromatic rings. The molecule has 2 aromatic heterocycles. The van der Waals surface area contributed by atoms with Crippen molar-refractivity contribution >= 4 is 68.9 Å². The van der Waals surface area contributed by atoms with Crippen LogP contribution in [-0.4, -0.2) is 23.0 Å². The first-order chi connectivity index (χ1) is 21.9. The normalized spacial score (nSPS) is 11.7. The van der Waals surface area contributed by atoms with Gasteiger partial charge in [-0.1, -0.05) is 67.6 Å². The molecule has 5 rings (SSSR count). The Morgan fingerprint density at radius 1 is 0.911 bits per heavy atom. The molecule has 0 aliphatic heterocycles. The summed E-state index contributed by atoms with van der Waals surface area (Å²) in [5, 5.41) is 22.3. The van der Waals surface area contributed by atoms with Crippen LogP contribution in [0.4, 0.5) is 10.7 Å². The molecule has 0 spiro atoms. The highest BCUT2D eigenvalue weighted by Crippen LogP contribution is 2.36. The predicted octanol–water partition coefficient (Wildman–Crippen LogP) is 8.27. The summed E-state index contributed by atoms with van der Waals surface area (Å²) in [7, 11) is 0. The molecule has 10 heteroatoms. The van der Waals surface area contributed by atoms with Crippen LogP contribution in [0, 0.1) is 11.3 Å². The smallest absolute Gasteiger partial charge is 0.272 e. The standard InChI is InChI=1S/C35H28N4O3S3/c1-2-31(34(42)39-35-28(21-36)29(22-44-35)23-11-5-3-6-12-23)45-27-16-9-15-25(19-27)37-33(41)30(20-26-17-10-18-43-26)38-32(40)24-13-7-4-8-14-24/h3-20,22,31H,2H2,1H3,(H,37,41)(H,38,40)(H,39,42)/b30-20-. The molecule has 0 radical (unpaired) electrons. The van der Waals surface area contributed by atoms with Crippen LogP contribution in [0.3, 0.4) is 0 Å². The van der Waals surface area contributed by atoms with E-state index < -0.39 is 17.1 Å². The number of nitrogens with zero attached hydrogens (tertiary/aromatic N) is 1. The average Bonchev–Trinajstić information content (AvgIpc) is 3.74. The minimum atomic E-state index is -0.476. The molecule has 3 amide bonds.